The van der Waals surface area contributed by atoms with Crippen molar-refractivity contribution >= 4 is 40.6 Å². The second-order valence-corrected chi connectivity index (χ2v) is 7.91. The van der Waals surface area contributed by atoms with E-state index in [4.69, 9.17) is 0 Å². The van der Waals surface area contributed by atoms with E-state index in [2.05, 4.69) is 20.6 Å². The molecule has 0 saturated heterocycles. The minimum Gasteiger partial charge on any atom is -0.340 e. The summed E-state index contributed by atoms with van der Waals surface area (Å²) in [4.78, 5) is 57.7. The number of benzene rings is 2. The van der Waals surface area contributed by atoms with Gasteiger partial charge in [0.05, 0.1) is 10.5 Å². The molecule has 1 aliphatic rings. The molecule has 0 spiro atoms. The molecule has 3 aromatic rings. The van der Waals surface area contributed by atoms with Gasteiger partial charge in [-0.25, -0.2) is 9.97 Å². The molecular formula is C24H22N6O5. The number of aromatic nitrogens is 2. The van der Waals surface area contributed by atoms with Crippen molar-refractivity contribution in [3.05, 3.63) is 81.3 Å². The Kier molecular flexibility index (Phi) is 6.49. The third-order valence-electron chi connectivity index (χ3n) is 5.58. The van der Waals surface area contributed by atoms with Gasteiger partial charge in [0.1, 0.15) is 17.7 Å². The minimum atomic E-state index is -0.773. The number of fused-ring (bicyclic) bond motifs is 1. The molecule has 0 fully saturated rings. The van der Waals surface area contributed by atoms with Crippen molar-refractivity contribution in [2.45, 2.75) is 26.7 Å². The number of nitro benzene ring substituents is 1. The highest BCUT2D eigenvalue weighted by Crippen LogP contribution is 2.31. The van der Waals surface area contributed by atoms with Crippen LogP contribution in [0.3, 0.4) is 0 Å². The number of hydrogen-bond donors (Lipinski definition) is 2. The Hall–Kier alpha value is -4.67. The summed E-state index contributed by atoms with van der Waals surface area (Å²) >= 11 is 0. The first-order chi connectivity index (χ1) is 16.8. The second-order valence-electron chi connectivity index (χ2n) is 7.91. The summed E-state index contributed by atoms with van der Waals surface area (Å²) in [6.45, 7) is 3.61. The van der Waals surface area contributed by atoms with Gasteiger partial charge in [-0.3, -0.25) is 29.4 Å². The number of carbonyl (C=O) groups is 3. The molecule has 0 saturated carbocycles. The maximum absolute atomic E-state index is 12.7. The molecule has 0 atom stereocenters. The van der Waals surface area contributed by atoms with Crippen LogP contribution in [0.4, 0.5) is 22.9 Å². The van der Waals surface area contributed by atoms with Crippen LogP contribution in [0, 0.1) is 17.0 Å². The summed E-state index contributed by atoms with van der Waals surface area (Å²) in [5.41, 5.74) is 2.31. The fourth-order valence-corrected chi connectivity index (χ4v) is 3.85. The number of hydrogen-bond acceptors (Lipinski definition) is 8. The van der Waals surface area contributed by atoms with Gasteiger partial charge in [-0.1, -0.05) is 19.1 Å². The lowest BCUT2D eigenvalue weighted by molar-refractivity contribution is -0.385. The Balaban J connectivity index is 1.45. The fraction of sp³-hybridized carbons (Fsp3) is 0.208. The predicted octanol–water partition coefficient (Wildman–Crippen LogP) is 3.62. The van der Waals surface area contributed by atoms with Gasteiger partial charge in [0, 0.05) is 42.2 Å². The van der Waals surface area contributed by atoms with Crippen molar-refractivity contribution in [3.8, 4) is 0 Å². The standard InChI is InChI=1S/C24H22N6O5/c1-3-15-7-8-16(27-20-11-14(2)25-13-26-20)12-18(15)28-21(31)9-10-29-23(32)17-5-4-6-19(30(34)35)22(17)24(29)33/h4-8,11-13H,3,9-10H2,1-2H3,(H,28,31)(H,25,26,27). The predicted molar refractivity (Wildman–Crippen MR) is 128 cm³/mol. The first kappa shape index (κ1) is 23.5. The lowest BCUT2D eigenvalue weighted by atomic mass is 10.1. The summed E-state index contributed by atoms with van der Waals surface area (Å²) in [6.07, 6.45) is 1.96. The Morgan fingerprint density at radius 3 is 2.63 bits per heavy atom. The maximum atomic E-state index is 12.7. The molecule has 2 N–H and O–H groups in total. The molecule has 1 aliphatic heterocycles. The topological polar surface area (TPSA) is 147 Å². The van der Waals surface area contributed by atoms with Gasteiger partial charge in [-0.05, 0) is 37.1 Å². The number of rotatable bonds is 8. The molecule has 2 aromatic carbocycles. The molecule has 0 radical (unpaired) electrons. The highest BCUT2D eigenvalue weighted by Gasteiger charge is 2.40. The van der Waals surface area contributed by atoms with Gasteiger partial charge in [-0.2, -0.15) is 0 Å². The van der Waals surface area contributed by atoms with Crippen LogP contribution in [0.25, 0.3) is 0 Å². The van der Waals surface area contributed by atoms with Crippen molar-refractivity contribution in [2.75, 3.05) is 17.2 Å². The zero-order valence-electron chi connectivity index (χ0n) is 19.1. The van der Waals surface area contributed by atoms with Crippen molar-refractivity contribution < 1.29 is 19.3 Å². The fourth-order valence-electron chi connectivity index (χ4n) is 3.85. The van der Waals surface area contributed by atoms with E-state index in [1.165, 1.54) is 24.5 Å². The SMILES string of the molecule is CCc1ccc(Nc2cc(C)ncn2)cc1NC(=O)CCN1C(=O)c2cccc([N+](=O)[O-])c2C1=O. The zero-order chi connectivity index (χ0) is 25.1. The number of nitrogens with zero attached hydrogens (tertiary/aromatic N) is 4. The van der Waals surface area contributed by atoms with E-state index < -0.39 is 28.3 Å². The summed E-state index contributed by atoms with van der Waals surface area (Å²) in [5, 5.41) is 17.3. The van der Waals surface area contributed by atoms with Crippen LogP contribution < -0.4 is 10.6 Å². The third kappa shape index (κ3) is 4.83. The molecule has 3 amide bonds. The van der Waals surface area contributed by atoms with Gasteiger partial charge in [0.25, 0.3) is 17.5 Å². The number of amides is 3. The quantitative estimate of drug-likeness (QED) is 0.286. The molecule has 11 heteroatoms. The van der Waals surface area contributed by atoms with Crippen LogP contribution in [0.2, 0.25) is 0 Å². The van der Waals surface area contributed by atoms with E-state index in [1.807, 2.05) is 26.0 Å². The van der Waals surface area contributed by atoms with Crippen LogP contribution in [-0.2, 0) is 11.2 Å². The molecule has 35 heavy (non-hydrogen) atoms. The van der Waals surface area contributed by atoms with Crippen LogP contribution in [0.1, 0.15) is 45.3 Å². The van der Waals surface area contributed by atoms with Crippen LogP contribution in [-0.4, -0.2) is 44.1 Å². The Morgan fingerprint density at radius 2 is 1.91 bits per heavy atom. The van der Waals surface area contributed by atoms with Crippen molar-refractivity contribution in [1.82, 2.24) is 14.9 Å². The molecule has 2 heterocycles. The monoisotopic (exact) mass is 474 g/mol. The van der Waals surface area contributed by atoms with E-state index >= 15 is 0 Å². The normalized spacial score (nSPS) is 12.5. The number of imide groups is 1. The van der Waals surface area contributed by atoms with Gasteiger partial charge >= 0.3 is 0 Å². The van der Waals surface area contributed by atoms with E-state index in [1.54, 1.807) is 12.1 Å². The van der Waals surface area contributed by atoms with E-state index in [-0.39, 0.29) is 24.1 Å². The third-order valence-corrected chi connectivity index (χ3v) is 5.58. The van der Waals surface area contributed by atoms with Crippen molar-refractivity contribution in [2.24, 2.45) is 0 Å². The summed E-state index contributed by atoms with van der Waals surface area (Å²) in [6, 6.07) is 11.2. The Labute approximate surface area is 200 Å². The highest BCUT2D eigenvalue weighted by molar-refractivity contribution is 6.23. The van der Waals surface area contributed by atoms with Gasteiger partial charge < -0.3 is 10.6 Å². The number of carbonyl (C=O) groups excluding carboxylic acids is 3. The molecule has 178 valence electrons. The zero-order valence-corrected chi connectivity index (χ0v) is 19.1. The first-order valence-corrected chi connectivity index (χ1v) is 10.9. The van der Waals surface area contributed by atoms with Gasteiger partial charge in [0.15, 0.2) is 0 Å². The molecule has 11 nitrogen and oxygen atoms in total. The Morgan fingerprint density at radius 1 is 1.11 bits per heavy atom. The first-order valence-electron chi connectivity index (χ1n) is 10.9. The van der Waals surface area contributed by atoms with Crippen LogP contribution >= 0.6 is 0 Å². The van der Waals surface area contributed by atoms with E-state index in [0.29, 0.717) is 23.6 Å². The molecular weight excluding hydrogens is 452 g/mol. The summed E-state index contributed by atoms with van der Waals surface area (Å²) in [7, 11) is 0. The highest BCUT2D eigenvalue weighted by atomic mass is 16.6. The molecule has 0 aliphatic carbocycles. The molecule has 0 bridgehead atoms. The number of anilines is 3. The largest absolute Gasteiger partial charge is 0.340 e. The summed E-state index contributed by atoms with van der Waals surface area (Å²) < 4.78 is 0. The lowest BCUT2D eigenvalue weighted by Crippen LogP contribution is -2.33. The van der Waals surface area contributed by atoms with E-state index in [9.17, 15) is 24.5 Å². The maximum Gasteiger partial charge on any atom is 0.282 e. The van der Waals surface area contributed by atoms with E-state index in [0.717, 1.165) is 16.2 Å². The van der Waals surface area contributed by atoms with Gasteiger partial charge in [0.2, 0.25) is 5.91 Å². The molecule has 0 unspecified atom stereocenters. The summed E-state index contributed by atoms with van der Waals surface area (Å²) in [5.74, 6) is -1.22. The molecule has 1 aromatic heterocycles. The smallest absolute Gasteiger partial charge is 0.282 e. The van der Waals surface area contributed by atoms with Crippen LogP contribution in [0.15, 0.2) is 48.8 Å². The van der Waals surface area contributed by atoms with Crippen molar-refractivity contribution in [1.29, 1.82) is 0 Å². The second kappa shape index (κ2) is 9.67. The number of aryl methyl sites for hydroxylation is 2. The number of nitrogens with one attached hydrogen (secondary N) is 2. The number of nitro groups is 1. The average molecular weight is 474 g/mol. The van der Waals surface area contributed by atoms with Gasteiger partial charge in [-0.15, -0.1) is 0 Å². The lowest BCUT2D eigenvalue weighted by Gasteiger charge is -2.15. The average Bonchev–Trinajstić information content (AvgIpc) is 3.07. The minimum absolute atomic E-state index is 0.0309. The molecule has 4 rings (SSSR count). The Bertz CT molecular complexity index is 1360. The van der Waals surface area contributed by atoms with Crippen LogP contribution in [0.5, 0.6) is 0 Å². The van der Waals surface area contributed by atoms with Crippen molar-refractivity contribution in [3.63, 3.8) is 0 Å².